The minimum atomic E-state index is 0.138. The quantitative estimate of drug-likeness (QED) is 0.744. The summed E-state index contributed by atoms with van der Waals surface area (Å²) in [5, 5.41) is 1.45. The van der Waals surface area contributed by atoms with Gasteiger partial charge in [0.25, 0.3) is 0 Å². The van der Waals surface area contributed by atoms with Gasteiger partial charge in [0, 0.05) is 16.1 Å². The van der Waals surface area contributed by atoms with Crippen molar-refractivity contribution in [1.29, 1.82) is 0 Å². The normalized spacial score (nSPS) is 14.5. The zero-order chi connectivity index (χ0) is 13.5. The predicted octanol–water partition coefficient (Wildman–Crippen LogP) is 5.08. The van der Waals surface area contributed by atoms with Crippen molar-refractivity contribution in [3.8, 4) is 0 Å². The maximum Gasteiger partial charge on any atom is 0.0453 e. The van der Waals surface area contributed by atoms with E-state index in [1.165, 1.54) is 19.3 Å². The lowest BCUT2D eigenvalue weighted by atomic mass is 9.88. The van der Waals surface area contributed by atoms with E-state index in [0.29, 0.717) is 5.92 Å². The smallest absolute Gasteiger partial charge is 0.0453 e. The van der Waals surface area contributed by atoms with Gasteiger partial charge >= 0.3 is 0 Å². The van der Waals surface area contributed by atoms with Gasteiger partial charge in [-0.15, -0.1) is 0 Å². The molecule has 0 fully saturated rings. The van der Waals surface area contributed by atoms with E-state index in [1.54, 1.807) is 0 Å². The van der Waals surface area contributed by atoms with Gasteiger partial charge < -0.3 is 5.73 Å². The van der Waals surface area contributed by atoms with Crippen LogP contribution in [0.2, 0.25) is 10.0 Å². The highest BCUT2D eigenvalue weighted by Gasteiger charge is 2.18. The van der Waals surface area contributed by atoms with Crippen LogP contribution >= 0.6 is 23.2 Å². The SMILES string of the molecule is CCCCC(CC)C(N)Cc1c(Cl)cccc1Cl. The van der Waals surface area contributed by atoms with Gasteiger partial charge in [-0.05, 0) is 36.5 Å². The van der Waals surface area contributed by atoms with Gasteiger partial charge in [0.15, 0.2) is 0 Å². The van der Waals surface area contributed by atoms with E-state index in [-0.39, 0.29) is 6.04 Å². The van der Waals surface area contributed by atoms with Crippen LogP contribution in [0.1, 0.15) is 45.1 Å². The minimum Gasteiger partial charge on any atom is -0.327 e. The van der Waals surface area contributed by atoms with Crippen molar-refractivity contribution >= 4 is 23.2 Å². The van der Waals surface area contributed by atoms with Gasteiger partial charge in [0.1, 0.15) is 0 Å². The fraction of sp³-hybridized carbons (Fsp3) is 0.600. The van der Waals surface area contributed by atoms with E-state index in [9.17, 15) is 0 Å². The van der Waals surface area contributed by atoms with Crippen LogP contribution in [-0.2, 0) is 6.42 Å². The van der Waals surface area contributed by atoms with E-state index < -0.39 is 0 Å². The fourth-order valence-corrected chi connectivity index (χ4v) is 2.87. The van der Waals surface area contributed by atoms with Gasteiger partial charge in [0.2, 0.25) is 0 Å². The monoisotopic (exact) mass is 287 g/mol. The first kappa shape index (κ1) is 15.8. The molecule has 102 valence electrons. The van der Waals surface area contributed by atoms with Crippen molar-refractivity contribution in [2.24, 2.45) is 11.7 Å². The highest BCUT2D eigenvalue weighted by molar-refractivity contribution is 6.35. The van der Waals surface area contributed by atoms with Crippen LogP contribution in [0.15, 0.2) is 18.2 Å². The average Bonchev–Trinajstić information content (AvgIpc) is 2.35. The lowest BCUT2D eigenvalue weighted by Crippen LogP contribution is -2.32. The third-order valence-electron chi connectivity index (χ3n) is 3.56. The van der Waals surface area contributed by atoms with Crippen molar-refractivity contribution in [3.63, 3.8) is 0 Å². The standard InChI is InChI=1S/C15H23Cl2N/c1-3-5-7-11(4-2)15(18)10-12-13(16)8-6-9-14(12)17/h6,8-9,11,15H,3-5,7,10,18H2,1-2H3. The molecule has 0 saturated heterocycles. The summed E-state index contributed by atoms with van der Waals surface area (Å²) in [6, 6.07) is 5.76. The molecule has 0 bridgehead atoms. The number of nitrogens with two attached hydrogens (primary N) is 1. The Bertz CT molecular complexity index is 345. The Hall–Kier alpha value is -0.240. The Morgan fingerprint density at radius 3 is 2.28 bits per heavy atom. The van der Waals surface area contributed by atoms with Crippen LogP contribution in [0.3, 0.4) is 0 Å². The summed E-state index contributed by atoms with van der Waals surface area (Å²) >= 11 is 12.4. The fourth-order valence-electron chi connectivity index (χ4n) is 2.32. The summed E-state index contributed by atoms with van der Waals surface area (Å²) in [5.41, 5.74) is 7.31. The van der Waals surface area contributed by atoms with Crippen LogP contribution in [0.25, 0.3) is 0 Å². The van der Waals surface area contributed by atoms with Crippen molar-refractivity contribution in [1.82, 2.24) is 0 Å². The molecular weight excluding hydrogens is 265 g/mol. The van der Waals surface area contributed by atoms with Gasteiger partial charge in [-0.3, -0.25) is 0 Å². The number of hydrogen-bond acceptors (Lipinski definition) is 1. The van der Waals surface area contributed by atoms with Gasteiger partial charge in [-0.25, -0.2) is 0 Å². The second kappa shape index (κ2) is 8.04. The number of rotatable bonds is 7. The molecule has 1 rings (SSSR count). The minimum absolute atomic E-state index is 0.138. The largest absolute Gasteiger partial charge is 0.327 e. The average molecular weight is 288 g/mol. The highest BCUT2D eigenvalue weighted by Crippen LogP contribution is 2.28. The van der Waals surface area contributed by atoms with E-state index in [4.69, 9.17) is 28.9 Å². The maximum atomic E-state index is 6.32. The van der Waals surface area contributed by atoms with Crippen LogP contribution in [0.4, 0.5) is 0 Å². The molecule has 0 aliphatic heterocycles. The summed E-state index contributed by atoms with van der Waals surface area (Å²) < 4.78 is 0. The molecule has 0 radical (unpaired) electrons. The maximum absolute atomic E-state index is 6.32. The summed E-state index contributed by atoms with van der Waals surface area (Å²) in [4.78, 5) is 0. The first-order valence-electron chi connectivity index (χ1n) is 6.78. The second-order valence-electron chi connectivity index (χ2n) is 4.88. The lowest BCUT2D eigenvalue weighted by Gasteiger charge is -2.23. The Kier molecular flexibility index (Phi) is 7.06. The molecular formula is C15H23Cl2N. The van der Waals surface area contributed by atoms with Crippen molar-refractivity contribution < 1.29 is 0 Å². The summed E-state index contributed by atoms with van der Waals surface area (Å²) in [6.45, 7) is 4.41. The van der Waals surface area contributed by atoms with Crippen molar-refractivity contribution in [3.05, 3.63) is 33.8 Å². The number of halogens is 2. The molecule has 0 aliphatic rings. The Morgan fingerprint density at radius 2 is 1.78 bits per heavy atom. The first-order valence-corrected chi connectivity index (χ1v) is 7.54. The lowest BCUT2D eigenvalue weighted by molar-refractivity contribution is 0.369. The van der Waals surface area contributed by atoms with E-state index in [2.05, 4.69) is 13.8 Å². The van der Waals surface area contributed by atoms with Crippen LogP contribution in [0, 0.1) is 5.92 Å². The summed E-state index contributed by atoms with van der Waals surface area (Å²) in [7, 11) is 0. The second-order valence-corrected chi connectivity index (χ2v) is 5.69. The molecule has 0 saturated carbocycles. The van der Waals surface area contributed by atoms with Crippen LogP contribution in [-0.4, -0.2) is 6.04 Å². The van der Waals surface area contributed by atoms with Gasteiger partial charge in [-0.2, -0.15) is 0 Å². The number of unbranched alkanes of at least 4 members (excludes halogenated alkanes) is 1. The Balaban J connectivity index is 2.70. The topological polar surface area (TPSA) is 26.0 Å². The Morgan fingerprint density at radius 1 is 1.17 bits per heavy atom. The third kappa shape index (κ3) is 4.46. The van der Waals surface area contributed by atoms with E-state index in [0.717, 1.165) is 28.5 Å². The molecule has 0 amide bonds. The molecule has 0 aromatic heterocycles. The molecule has 1 nitrogen and oxygen atoms in total. The predicted molar refractivity (Wildman–Crippen MR) is 81.4 cm³/mol. The molecule has 2 atom stereocenters. The first-order chi connectivity index (χ1) is 8.60. The number of benzene rings is 1. The zero-order valence-corrected chi connectivity index (χ0v) is 12.8. The van der Waals surface area contributed by atoms with Gasteiger partial charge in [-0.1, -0.05) is 62.4 Å². The van der Waals surface area contributed by atoms with Crippen LogP contribution in [0.5, 0.6) is 0 Å². The van der Waals surface area contributed by atoms with Crippen molar-refractivity contribution in [2.45, 2.75) is 52.0 Å². The van der Waals surface area contributed by atoms with Crippen molar-refractivity contribution in [2.75, 3.05) is 0 Å². The molecule has 0 spiro atoms. The molecule has 1 aromatic rings. The van der Waals surface area contributed by atoms with E-state index >= 15 is 0 Å². The molecule has 0 aliphatic carbocycles. The molecule has 1 aromatic carbocycles. The molecule has 2 N–H and O–H groups in total. The van der Waals surface area contributed by atoms with Gasteiger partial charge in [0.05, 0.1) is 0 Å². The number of hydrogen-bond donors (Lipinski definition) is 1. The van der Waals surface area contributed by atoms with E-state index in [1.807, 2.05) is 18.2 Å². The third-order valence-corrected chi connectivity index (χ3v) is 4.27. The summed E-state index contributed by atoms with van der Waals surface area (Å²) in [5.74, 6) is 0.553. The molecule has 2 unspecified atom stereocenters. The highest BCUT2D eigenvalue weighted by atomic mass is 35.5. The molecule has 3 heteroatoms. The molecule has 18 heavy (non-hydrogen) atoms. The van der Waals surface area contributed by atoms with Crippen LogP contribution < -0.4 is 5.73 Å². The summed E-state index contributed by atoms with van der Waals surface area (Å²) in [6.07, 6.45) is 5.53. The Labute approximate surface area is 121 Å². The zero-order valence-electron chi connectivity index (χ0n) is 11.3. The molecule has 0 heterocycles.